The highest BCUT2D eigenvalue weighted by atomic mass is 16.2. The Morgan fingerprint density at radius 2 is 1.83 bits per heavy atom. The van der Waals surface area contributed by atoms with Crippen LogP contribution in [0.2, 0.25) is 0 Å². The summed E-state index contributed by atoms with van der Waals surface area (Å²) in [5, 5.41) is 0. The Balaban J connectivity index is 1.63. The van der Waals surface area contributed by atoms with Crippen LogP contribution >= 0.6 is 0 Å². The zero-order valence-corrected chi connectivity index (χ0v) is 13.7. The molecule has 0 aliphatic carbocycles. The van der Waals surface area contributed by atoms with Gasteiger partial charge in [0.1, 0.15) is 6.54 Å². The maximum Gasteiger partial charge on any atom is 0.254 e. The molecule has 122 valence electrons. The highest BCUT2D eigenvalue weighted by Gasteiger charge is 2.38. The van der Waals surface area contributed by atoms with E-state index in [2.05, 4.69) is 12.1 Å². The number of hydrogen-bond donors (Lipinski definition) is 0. The van der Waals surface area contributed by atoms with Crippen molar-refractivity contribution in [2.45, 2.75) is 19.4 Å². The minimum atomic E-state index is -0.0638. The molecule has 4 nitrogen and oxygen atoms in total. The third kappa shape index (κ3) is 2.48. The van der Waals surface area contributed by atoms with Crippen LogP contribution in [0.5, 0.6) is 0 Å². The normalized spacial score (nSPS) is 19.7. The van der Waals surface area contributed by atoms with E-state index in [1.807, 2.05) is 48.2 Å². The van der Waals surface area contributed by atoms with Crippen LogP contribution in [0.4, 0.5) is 0 Å². The fourth-order valence-electron chi connectivity index (χ4n) is 3.71. The number of rotatable bonds is 1. The second-order valence-electron chi connectivity index (χ2n) is 6.60. The van der Waals surface area contributed by atoms with E-state index in [-0.39, 0.29) is 24.4 Å². The Morgan fingerprint density at radius 1 is 1.08 bits per heavy atom. The van der Waals surface area contributed by atoms with Crippen molar-refractivity contribution in [2.75, 3.05) is 19.6 Å². The molecule has 0 radical (unpaired) electrons. The van der Waals surface area contributed by atoms with E-state index in [0.29, 0.717) is 12.1 Å². The predicted molar refractivity (Wildman–Crippen MR) is 91.7 cm³/mol. The molecule has 4 rings (SSSR count). The number of fused-ring (bicyclic) bond motifs is 3. The van der Waals surface area contributed by atoms with Crippen molar-refractivity contribution < 1.29 is 9.59 Å². The third-order valence-corrected chi connectivity index (χ3v) is 5.04. The Bertz CT molecular complexity index is 798. The Hall–Kier alpha value is -2.62. The number of benzene rings is 2. The fraction of sp³-hybridized carbons (Fsp3) is 0.300. The van der Waals surface area contributed by atoms with Crippen molar-refractivity contribution in [1.29, 1.82) is 0 Å². The smallest absolute Gasteiger partial charge is 0.254 e. The summed E-state index contributed by atoms with van der Waals surface area (Å²) in [5.41, 5.74) is 4.23. The molecule has 0 spiro atoms. The van der Waals surface area contributed by atoms with Crippen LogP contribution in [0, 0.1) is 6.92 Å². The number of nitrogens with zero attached hydrogens (tertiary/aromatic N) is 2. The quantitative estimate of drug-likeness (QED) is 0.810. The summed E-state index contributed by atoms with van der Waals surface area (Å²) in [5.74, 6) is -0.0210. The molecule has 4 heteroatoms. The summed E-state index contributed by atoms with van der Waals surface area (Å²) >= 11 is 0. The van der Waals surface area contributed by atoms with E-state index in [4.69, 9.17) is 0 Å². The molecular weight excluding hydrogens is 300 g/mol. The number of amides is 2. The maximum absolute atomic E-state index is 12.8. The van der Waals surface area contributed by atoms with Gasteiger partial charge in [-0.1, -0.05) is 42.0 Å². The van der Waals surface area contributed by atoms with Crippen LogP contribution < -0.4 is 0 Å². The first-order valence-corrected chi connectivity index (χ1v) is 8.37. The van der Waals surface area contributed by atoms with Crippen LogP contribution in [0.3, 0.4) is 0 Å². The molecule has 2 aliphatic rings. The number of piperazine rings is 1. The largest absolute Gasteiger partial charge is 0.332 e. The molecule has 2 heterocycles. The minimum Gasteiger partial charge on any atom is -0.332 e. The third-order valence-electron chi connectivity index (χ3n) is 5.04. The van der Waals surface area contributed by atoms with Crippen LogP contribution in [0.25, 0.3) is 0 Å². The van der Waals surface area contributed by atoms with E-state index in [9.17, 15) is 9.59 Å². The molecule has 2 aliphatic heterocycles. The maximum atomic E-state index is 12.8. The monoisotopic (exact) mass is 320 g/mol. The van der Waals surface area contributed by atoms with E-state index in [0.717, 1.165) is 18.5 Å². The average molecular weight is 320 g/mol. The second kappa shape index (κ2) is 5.78. The van der Waals surface area contributed by atoms with Gasteiger partial charge >= 0.3 is 0 Å². The number of carbonyl (C=O) groups is 2. The Labute approximate surface area is 141 Å². The summed E-state index contributed by atoms with van der Waals surface area (Å²) in [6.07, 6.45) is 0.893. The van der Waals surface area contributed by atoms with Gasteiger partial charge in [0.2, 0.25) is 5.91 Å². The van der Waals surface area contributed by atoms with Gasteiger partial charge in [-0.15, -0.1) is 0 Å². The number of aryl methyl sites for hydroxylation is 1. The average Bonchev–Trinajstić information content (AvgIpc) is 2.61. The van der Waals surface area contributed by atoms with Crippen molar-refractivity contribution in [3.63, 3.8) is 0 Å². The van der Waals surface area contributed by atoms with Crippen molar-refractivity contribution >= 4 is 11.8 Å². The molecule has 1 atom stereocenters. The lowest BCUT2D eigenvalue weighted by Crippen LogP contribution is -2.55. The van der Waals surface area contributed by atoms with Gasteiger partial charge in [0.15, 0.2) is 0 Å². The van der Waals surface area contributed by atoms with Gasteiger partial charge in [-0.2, -0.15) is 0 Å². The first kappa shape index (κ1) is 14.9. The Kier molecular flexibility index (Phi) is 3.60. The van der Waals surface area contributed by atoms with Gasteiger partial charge in [0.25, 0.3) is 5.91 Å². The molecule has 0 unspecified atom stereocenters. The van der Waals surface area contributed by atoms with Crippen molar-refractivity contribution in [3.05, 3.63) is 70.8 Å². The summed E-state index contributed by atoms with van der Waals surface area (Å²) in [7, 11) is 0. The molecule has 2 aromatic rings. The number of carbonyl (C=O) groups excluding carboxylic acids is 2. The summed E-state index contributed by atoms with van der Waals surface area (Å²) < 4.78 is 0. The van der Waals surface area contributed by atoms with Gasteiger partial charge in [-0.05, 0) is 36.6 Å². The molecule has 0 N–H and O–H groups in total. The first-order chi connectivity index (χ1) is 11.6. The topological polar surface area (TPSA) is 40.6 Å². The van der Waals surface area contributed by atoms with Crippen molar-refractivity contribution in [3.8, 4) is 0 Å². The molecular formula is C20H20N2O2. The summed E-state index contributed by atoms with van der Waals surface area (Å²) in [4.78, 5) is 29.0. The summed E-state index contributed by atoms with van der Waals surface area (Å²) in [6, 6.07) is 15.8. The zero-order valence-electron chi connectivity index (χ0n) is 13.7. The molecule has 24 heavy (non-hydrogen) atoms. The van der Waals surface area contributed by atoms with E-state index in [1.165, 1.54) is 11.1 Å². The fourth-order valence-corrected chi connectivity index (χ4v) is 3.71. The van der Waals surface area contributed by atoms with Gasteiger partial charge in [-0.25, -0.2) is 0 Å². The molecule has 0 aromatic heterocycles. The molecule has 1 fully saturated rings. The second-order valence-corrected chi connectivity index (χ2v) is 6.60. The first-order valence-electron chi connectivity index (χ1n) is 8.37. The van der Waals surface area contributed by atoms with Crippen LogP contribution in [0.15, 0.2) is 48.5 Å². The van der Waals surface area contributed by atoms with Crippen molar-refractivity contribution in [2.24, 2.45) is 0 Å². The minimum absolute atomic E-state index is 0.0226. The van der Waals surface area contributed by atoms with Crippen molar-refractivity contribution in [1.82, 2.24) is 9.80 Å². The Morgan fingerprint density at radius 3 is 2.62 bits per heavy atom. The molecule has 2 amide bonds. The van der Waals surface area contributed by atoms with Crippen LogP contribution in [0.1, 0.15) is 33.1 Å². The van der Waals surface area contributed by atoms with E-state index in [1.54, 1.807) is 4.90 Å². The molecule has 2 aromatic carbocycles. The highest BCUT2D eigenvalue weighted by molar-refractivity contribution is 5.97. The highest BCUT2D eigenvalue weighted by Crippen LogP contribution is 2.33. The zero-order chi connectivity index (χ0) is 16.7. The van der Waals surface area contributed by atoms with Crippen LogP contribution in [-0.4, -0.2) is 41.2 Å². The van der Waals surface area contributed by atoms with E-state index >= 15 is 0 Å². The predicted octanol–water partition coefficient (Wildman–Crippen LogP) is 2.58. The lowest BCUT2D eigenvalue weighted by atomic mass is 9.90. The molecule has 1 saturated heterocycles. The van der Waals surface area contributed by atoms with Gasteiger partial charge in [0.05, 0.1) is 6.04 Å². The van der Waals surface area contributed by atoms with Gasteiger partial charge in [-0.3, -0.25) is 9.59 Å². The number of hydrogen-bond acceptors (Lipinski definition) is 2. The standard InChI is InChI=1S/C20H20N2O2/c1-14-6-8-16(9-7-14)20(24)21-12-18-17-5-3-2-4-15(17)10-11-22(18)19(23)13-21/h2-9,18H,10-13H2,1H3/t18-/m1/s1. The lowest BCUT2D eigenvalue weighted by Gasteiger charge is -2.44. The van der Waals surface area contributed by atoms with Crippen LogP contribution in [-0.2, 0) is 11.2 Å². The van der Waals surface area contributed by atoms with Gasteiger partial charge < -0.3 is 9.80 Å². The van der Waals surface area contributed by atoms with Gasteiger partial charge in [0, 0.05) is 18.7 Å². The molecule has 0 saturated carbocycles. The lowest BCUT2D eigenvalue weighted by molar-refractivity contribution is -0.139. The molecule has 0 bridgehead atoms. The SMILES string of the molecule is Cc1ccc(C(=O)N2CC(=O)N3CCc4ccccc4[C@H]3C2)cc1. The van der Waals surface area contributed by atoms with E-state index < -0.39 is 0 Å². The summed E-state index contributed by atoms with van der Waals surface area (Å²) in [6.45, 7) is 3.48.